The fraction of sp³-hybridized carbons (Fsp3) is 0.333. The van der Waals surface area contributed by atoms with E-state index in [-0.39, 0.29) is 40.3 Å². The summed E-state index contributed by atoms with van der Waals surface area (Å²) in [6, 6.07) is 5.30. The molecule has 2 aliphatic carbocycles. The second kappa shape index (κ2) is 6.64. The normalized spacial score (nSPS) is 30.2. The predicted molar refractivity (Wildman–Crippen MR) is 113 cm³/mol. The van der Waals surface area contributed by atoms with Crippen LogP contribution >= 0.6 is 23.1 Å². The highest BCUT2D eigenvalue weighted by atomic mass is 32.2. The van der Waals surface area contributed by atoms with E-state index in [4.69, 9.17) is 0 Å². The first kappa shape index (κ1) is 19.0. The zero-order valence-electron chi connectivity index (χ0n) is 16.0. The lowest BCUT2D eigenvalue weighted by Gasteiger charge is -2.32. The van der Waals surface area contributed by atoms with Gasteiger partial charge in [0, 0.05) is 10.9 Å². The van der Waals surface area contributed by atoms with Gasteiger partial charge >= 0.3 is 4.87 Å². The monoisotopic (exact) mass is 457 g/mol. The number of H-pyrrole nitrogens is 1. The molecule has 3 heterocycles. The third-order valence-electron chi connectivity index (χ3n) is 6.67. The van der Waals surface area contributed by atoms with E-state index in [1.54, 1.807) is 11.8 Å². The average Bonchev–Trinajstić information content (AvgIpc) is 3.45. The third-order valence-corrected chi connectivity index (χ3v) is 9.06. The van der Waals surface area contributed by atoms with Gasteiger partial charge in [0.2, 0.25) is 17.7 Å². The minimum atomic E-state index is -0.494. The number of rotatable bonds is 3. The van der Waals surface area contributed by atoms with E-state index in [1.165, 1.54) is 24.3 Å². The van der Waals surface area contributed by atoms with Gasteiger partial charge < -0.3 is 10.3 Å². The van der Waals surface area contributed by atoms with Gasteiger partial charge in [-0.1, -0.05) is 28.7 Å². The molecule has 5 atom stereocenters. The fourth-order valence-corrected chi connectivity index (χ4v) is 7.95. The Morgan fingerprint density at radius 2 is 1.90 bits per heavy atom. The molecule has 1 aromatic heterocycles. The van der Waals surface area contributed by atoms with Crippen molar-refractivity contribution in [2.45, 2.75) is 16.7 Å². The summed E-state index contributed by atoms with van der Waals surface area (Å²) in [5.74, 6) is -2.36. The second-order valence-corrected chi connectivity index (χ2v) is 10.4. The minimum Gasteiger partial charge on any atom is -0.325 e. The number of aromatic nitrogens is 1. The molecule has 1 aromatic carbocycles. The summed E-state index contributed by atoms with van der Waals surface area (Å²) in [5.41, 5.74) is 1.54. The van der Waals surface area contributed by atoms with Crippen LogP contribution in [0.25, 0.3) is 6.08 Å². The smallest absolute Gasteiger partial charge is 0.305 e. The van der Waals surface area contributed by atoms with Crippen LogP contribution in [0.1, 0.15) is 11.3 Å². The number of likely N-dealkylation sites (tertiary alicyclic amines) is 1. The molecule has 1 saturated heterocycles. The summed E-state index contributed by atoms with van der Waals surface area (Å²) in [4.78, 5) is 55.1. The lowest BCUT2D eigenvalue weighted by Crippen LogP contribution is -2.39. The maximum atomic E-state index is 13.1. The number of carbonyl (C=O) groups is 3. The highest BCUT2D eigenvalue weighted by Gasteiger charge is 2.66. The van der Waals surface area contributed by atoms with Crippen LogP contribution in [-0.2, 0) is 14.4 Å². The lowest BCUT2D eigenvalue weighted by atomic mass is 9.77. The van der Waals surface area contributed by atoms with Gasteiger partial charge in [0.1, 0.15) is 12.4 Å². The van der Waals surface area contributed by atoms with Gasteiger partial charge in [-0.25, -0.2) is 4.39 Å². The molecule has 7 nitrogen and oxygen atoms in total. The molecule has 0 radical (unpaired) electrons. The Bertz CT molecular complexity index is 1230. The zero-order valence-corrected chi connectivity index (χ0v) is 17.6. The number of carbonyl (C=O) groups excluding carboxylic acids is 3. The number of imide groups is 1. The Morgan fingerprint density at radius 3 is 2.68 bits per heavy atom. The molecule has 0 spiro atoms. The van der Waals surface area contributed by atoms with Gasteiger partial charge in [0.05, 0.1) is 21.7 Å². The number of aromatic amines is 1. The number of nitrogens with zero attached hydrogens (tertiary/aromatic N) is 1. The van der Waals surface area contributed by atoms with E-state index in [1.807, 2.05) is 6.08 Å². The molecule has 0 unspecified atom stereocenters. The molecule has 10 heteroatoms. The number of anilines is 1. The first-order valence-electron chi connectivity index (χ1n) is 9.92. The van der Waals surface area contributed by atoms with E-state index in [0.29, 0.717) is 5.69 Å². The summed E-state index contributed by atoms with van der Waals surface area (Å²) >= 11 is 2.73. The van der Waals surface area contributed by atoms with Crippen molar-refractivity contribution in [1.29, 1.82) is 0 Å². The van der Waals surface area contributed by atoms with E-state index >= 15 is 0 Å². The van der Waals surface area contributed by atoms with Gasteiger partial charge in [-0.05, 0) is 48.6 Å². The average molecular weight is 458 g/mol. The molecule has 2 N–H and O–H groups in total. The number of fused-ring (bicyclic) bond motifs is 9. The highest BCUT2D eigenvalue weighted by molar-refractivity contribution is 8.00. The van der Waals surface area contributed by atoms with Gasteiger partial charge in [-0.3, -0.25) is 24.1 Å². The van der Waals surface area contributed by atoms with Crippen LogP contribution in [0.4, 0.5) is 10.1 Å². The van der Waals surface area contributed by atoms with Crippen LogP contribution in [0.3, 0.4) is 0 Å². The second-order valence-electron chi connectivity index (χ2n) is 8.27. The molecule has 3 fully saturated rings. The van der Waals surface area contributed by atoms with Crippen molar-refractivity contribution < 1.29 is 18.8 Å². The number of halogens is 1. The number of hydrogen-bond donors (Lipinski definition) is 2. The predicted octanol–water partition coefficient (Wildman–Crippen LogP) is 2.32. The number of thiazole rings is 1. The summed E-state index contributed by atoms with van der Waals surface area (Å²) in [6.07, 6.45) is 2.80. The van der Waals surface area contributed by atoms with Crippen molar-refractivity contribution in [3.8, 4) is 0 Å². The van der Waals surface area contributed by atoms with Crippen molar-refractivity contribution in [3.63, 3.8) is 0 Å². The molecule has 2 aromatic rings. The Hall–Kier alpha value is -2.72. The van der Waals surface area contributed by atoms with Gasteiger partial charge in [-0.2, -0.15) is 0 Å². The molecule has 2 bridgehead atoms. The number of benzene rings is 1. The molecular formula is C21H16FN3O4S2. The van der Waals surface area contributed by atoms with Crippen LogP contribution in [0, 0.1) is 29.5 Å². The first-order chi connectivity index (χ1) is 14.9. The van der Waals surface area contributed by atoms with Crippen molar-refractivity contribution in [2.75, 3.05) is 11.9 Å². The van der Waals surface area contributed by atoms with Crippen LogP contribution in [0.15, 0.2) is 39.7 Å². The van der Waals surface area contributed by atoms with Crippen LogP contribution in [-0.4, -0.2) is 39.4 Å². The van der Waals surface area contributed by atoms with Crippen molar-refractivity contribution in [1.82, 2.24) is 9.88 Å². The quantitative estimate of drug-likeness (QED) is 0.690. The standard InChI is InChI=1S/C21H16FN3O4S2/c22-8-1-3-9(4-2-8)23-14(26)7-25-19(27)15-10-5-12(16(15)20(25)28)17-11(10)6-13-18(31-17)24-21(29)30-13/h1-4,6,10,12,15-17H,5,7H2,(H,23,26)(H,24,29)/t10-,12+,15-,16-,17+/m0/s1. The maximum Gasteiger partial charge on any atom is 0.305 e. The lowest BCUT2D eigenvalue weighted by molar-refractivity contribution is -0.143. The summed E-state index contributed by atoms with van der Waals surface area (Å²) in [6.45, 7) is -0.348. The van der Waals surface area contributed by atoms with Gasteiger partial charge in [-0.15, -0.1) is 0 Å². The molecule has 158 valence electrons. The van der Waals surface area contributed by atoms with E-state index in [9.17, 15) is 23.6 Å². The molecule has 4 aliphatic rings. The third kappa shape index (κ3) is 2.77. The summed E-state index contributed by atoms with van der Waals surface area (Å²) < 4.78 is 13.0. The molecule has 2 saturated carbocycles. The molecule has 31 heavy (non-hydrogen) atoms. The van der Waals surface area contributed by atoms with E-state index in [0.717, 1.165) is 38.1 Å². The van der Waals surface area contributed by atoms with Gasteiger partial charge in [0.15, 0.2) is 0 Å². The van der Waals surface area contributed by atoms with E-state index < -0.39 is 23.6 Å². The maximum absolute atomic E-state index is 13.1. The fourth-order valence-electron chi connectivity index (χ4n) is 5.51. The molecule has 2 aliphatic heterocycles. The molecular weight excluding hydrogens is 441 g/mol. The van der Waals surface area contributed by atoms with Crippen LogP contribution in [0.5, 0.6) is 0 Å². The number of amides is 3. The van der Waals surface area contributed by atoms with Crippen LogP contribution in [0.2, 0.25) is 0 Å². The number of nitrogens with one attached hydrogen (secondary N) is 2. The van der Waals surface area contributed by atoms with E-state index in [2.05, 4.69) is 10.3 Å². The SMILES string of the molecule is O=C(CN1C(=O)[C@@H]2[C@@H](C1=O)[C@H]1C[C@H]2C2=Cc3sc(=O)[nH]c3S[C@H]21)Nc1ccc(F)cc1. The van der Waals surface area contributed by atoms with Crippen molar-refractivity contribution in [3.05, 3.63) is 50.2 Å². The van der Waals surface area contributed by atoms with Crippen molar-refractivity contribution >= 4 is 52.6 Å². The summed E-state index contributed by atoms with van der Waals surface area (Å²) in [5, 5.41) is 3.52. The Morgan fingerprint density at radius 1 is 1.16 bits per heavy atom. The Labute approximate surface area is 183 Å². The minimum absolute atomic E-state index is 0.0180. The summed E-state index contributed by atoms with van der Waals surface area (Å²) in [7, 11) is 0. The first-order valence-corrected chi connectivity index (χ1v) is 11.6. The van der Waals surface area contributed by atoms with Crippen LogP contribution < -0.4 is 10.2 Å². The largest absolute Gasteiger partial charge is 0.325 e. The Balaban J connectivity index is 1.23. The molecule has 6 rings (SSSR count). The Kier molecular flexibility index (Phi) is 4.07. The van der Waals surface area contributed by atoms with Gasteiger partial charge in [0.25, 0.3) is 0 Å². The molecule has 3 amide bonds. The topological polar surface area (TPSA) is 99.3 Å². The zero-order chi connectivity index (χ0) is 21.4. The number of hydrogen-bond acceptors (Lipinski definition) is 6. The number of thioether (sulfide) groups is 1. The highest BCUT2D eigenvalue weighted by Crippen LogP contribution is 2.64. The van der Waals surface area contributed by atoms with Crippen molar-refractivity contribution in [2.24, 2.45) is 23.7 Å².